The zero-order valence-corrected chi connectivity index (χ0v) is 7.53. The highest BCUT2D eigenvalue weighted by Crippen LogP contribution is 2.27. The van der Waals surface area contributed by atoms with E-state index in [2.05, 4.69) is 13.5 Å². The zero-order valence-electron chi connectivity index (χ0n) is 7.53. The quantitative estimate of drug-likeness (QED) is 0.536. The van der Waals surface area contributed by atoms with Crippen LogP contribution in [-0.2, 0) is 0 Å². The van der Waals surface area contributed by atoms with Crippen LogP contribution in [0.3, 0.4) is 0 Å². The van der Waals surface area contributed by atoms with Crippen LogP contribution in [0, 0.1) is 0 Å². The Bertz CT molecular complexity index is 163. The van der Waals surface area contributed by atoms with E-state index in [0.29, 0.717) is 0 Å². The van der Waals surface area contributed by atoms with Gasteiger partial charge in [-0.1, -0.05) is 17.2 Å². The molecule has 0 saturated heterocycles. The second kappa shape index (κ2) is 4.38. The minimum atomic E-state index is 1.16. The molecule has 1 aliphatic carbocycles. The summed E-state index contributed by atoms with van der Waals surface area (Å²) in [7, 11) is 0. The summed E-state index contributed by atoms with van der Waals surface area (Å²) < 4.78 is 0. The molecule has 0 radical (unpaired) electrons. The smallest absolute Gasteiger partial charge is 0.0283 e. The standard InChI is InChI=1S/C11H18/c1-3-4-8-11-9-6-5-7-10(11)2/h3H,1,4-9H2,2H3. The van der Waals surface area contributed by atoms with Gasteiger partial charge in [-0.05, 0) is 45.4 Å². The fourth-order valence-corrected chi connectivity index (χ4v) is 1.73. The molecule has 0 aliphatic heterocycles. The van der Waals surface area contributed by atoms with Gasteiger partial charge < -0.3 is 0 Å². The molecule has 0 fully saturated rings. The Kier molecular flexibility index (Phi) is 3.41. The third-order valence-corrected chi connectivity index (χ3v) is 2.53. The van der Waals surface area contributed by atoms with E-state index in [1.165, 1.54) is 32.1 Å². The van der Waals surface area contributed by atoms with Gasteiger partial charge in [-0.3, -0.25) is 0 Å². The molecule has 0 aromatic heterocycles. The lowest BCUT2D eigenvalue weighted by atomic mass is 9.90. The van der Waals surface area contributed by atoms with E-state index < -0.39 is 0 Å². The minimum Gasteiger partial charge on any atom is -0.103 e. The van der Waals surface area contributed by atoms with Crippen molar-refractivity contribution in [2.75, 3.05) is 0 Å². The summed E-state index contributed by atoms with van der Waals surface area (Å²) >= 11 is 0. The average molecular weight is 150 g/mol. The molecule has 0 heterocycles. The first-order chi connectivity index (χ1) is 5.34. The third-order valence-electron chi connectivity index (χ3n) is 2.53. The monoisotopic (exact) mass is 150 g/mol. The van der Waals surface area contributed by atoms with Crippen LogP contribution in [0.5, 0.6) is 0 Å². The van der Waals surface area contributed by atoms with Crippen molar-refractivity contribution < 1.29 is 0 Å². The normalized spacial score (nSPS) is 18.6. The van der Waals surface area contributed by atoms with Crippen molar-refractivity contribution in [3.63, 3.8) is 0 Å². The fourth-order valence-electron chi connectivity index (χ4n) is 1.73. The second-order valence-electron chi connectivity index (χ2n) is 3.42. The van der Waals surface area contributed by atoms with Gasteiger partial charge in [-0.25, -0.2) is 0 Å². The summed E-state index contributed by atoms with van der Waals surface area (Å²) in [5, 5.41) is 0. The Morgan fingerprint density at radius 2 is 2.09 bits per heavy atom. The SMILES string of the molecule is C=CCCC1=C(C)CCCC1. The lowest BCUT2D eigenvalue weighted by Gasteiger charge is -2.16. The molecule has 1 rings (SSSR count). The predicted octanol–water partition coefficient (Wildman–Crippen LogP) is 3.84. The number of rotatable bonds is 3. The molecule has 0 nitrogen and oxygen atoms in total. The molecule has 11 heavy (non-hydrogen) atoms. The van der Waals surface area contributed by atoms with Gasteiger partial charge in [0.05, 0.1) is 0 Å². The van der Waals surface area contributed by atoms with Crippen molar-refractivity contribution in [2.24, 2.45) is 0 Å². The average Bonchev–Trinajstić information content (AvgIpc) is 2.03. The van der Waals surface area contributed by atoms with Gasteiger partial charge in [0.1, 0.15) is 0 Å². The van der Waals surface area contributed by atoms with Crippen LogP contribution in [-0.4, -0.2) is 0 Å². The Hall–Kier alpha value is -0.520. The van der Waals surface area contributed by atoms with Gasteiger partial charge in [0.2, 0.25) is 0 Å². The molecule has 0 aromatic rings. The summed E-state index contributed by atoms with van der Waals surface area (Å²) in [5.74, 6) is 0. The van der Waals surface area contributed by atoms with E-state index in [4.69, 9.17) is 0 Å². The van der Waals surface area contributed by atoms with Crippen molar-refractivity contribution in [3.8, 4) is 0 Å². The molecule has 0 heteroatoms. The topological polar surface area (TPSA) is 0 Å². The van der Waals surface area contributed by atoms with Crippen LogP contribution in [0.1, 0.15) is 45.4 Å². The highest BCUT2D eigenvalue weighted by molar-refractivity contribution is 5.15. The molecule has 0 amide bonds. The predicted molar refractivity (Wildman–Crippen MR) is 50.6 cm³/mol. The lowest BCUT2D eigenvalue weighted by molar-refractivity contribution is 0.648. The molecule has 0 unspecified atom stereocenters. The van der Waals surface area contributed by atoms with Crippen LogP contribution < -0.4 is 0 Å². The number of allylic oxidation sites excluding steroid dienone is 3. The summed E-state index contributed by atoms with van der Waals surface area (Å²) in [6, 6.07) is 0. The van der Waals surface area contributed by atoms with E-state index >= 15 is 0 Å². The molecule has 0 spiro atoms. The van der Waals surface area contributed by atoms with E-state index in [1.807, 2.05) is 6.08 Å². The molecule has 0 saturated carbocycles. The maximum absolute atomic E-state index is 3.75. The maximum Gasteiger partial charge on any atom is -0.0283 e. The summed E-state index contributed by atoms with van der Waals surface area (Å²) in [6.45, 7) is 6.04. The van der Waals surface area contributed by atoms with Crippen LogP contribution in [0.4, 0.5) is 0 Å². The first-order valence-electron chi connectivity index (χ1n) is 4.63. The largest absolute Gasteiger partial charge is 0.103 e. The molecule has 1 aliphatic rings. The molecule has 0 atom stereocenters. The van der Waals surface area contributed by atoms with Crippen molar-refractivity contribution in [1.29, 1.82) is 0 Å². The van der Waals surface area contributed by atoms with Crippen molar-refractivity contribution in [1.82, 2.24) is 0 Å². The summed E-state index contributed by atoms with van der Waals surface area (Å²) in [6.07, 6.45) is 9.94. The molecule has 0 bridgehead atoms. The third kappa shape index (κ3) is 2.53. The van der Waals surface area contributed by atoms with Gasteiger partial charge in [0.15, 0.2) is 0 Å². The second-order valence-corrected chi connectivity index (χ2v) is 3.42. The van der Waals surface area contributed by atoms with Gasteiger partial charge >= 0.3 is 0 Å². The molecular weight excluding hydrogens is 132 g/mol. The van der Waals surface area contributed by atoms with E-state index in [1.54, 1.807) is 11.1 Å². The molecule has 0 N–H and O–H groups in total. The zero-order chi connectivity index (χ0) is 8.10. The highest BCUT2D eigenvalue weighted by Gasteiger charge is 2.07. The van der Waals surface area contributed by atoms with Crippen molar-refractivity contribution >= 4 is 0 Å². The van der Waals surface area contributed by atoms with Crippen LogP contribution >= 0.6 is 0 Å². The summed E-state index contributed by atoms with van der Waals surface area (Å²) in [4.78, 5) is 0. The lowest BCUT2D eigenvalue weighted by Crippen LogP contribution is -1.96. The fraction of sp³-hybridized carbons (Fsp3) is 0.636. The Morgan fingerprint density at radius 3 is 2.73 bits per heavy atom. The highest BCUT2D eigenvalue weighted by atomic mass is 14.1. The van der Waals surface area contributed by atoms with Crippen molar-refractivity contribution in [2.45, 2.75) is 45.4 Å². The first-order valence-corrected chi connectivity index (χ1v) is 4.63. The molecular formula is C11H18. The van der Waals surface area contributed by atoms with Gasteiger partial charge in [0.25, 0.3) is 0 Å². The molecule has 0 aromatic carbocycles. The Labute approximate surface area is 70.0 Å². The number of hydrogen-bond donors (Lipinski definition) is 0. The van der Waals surface area contributed by atoms with Crippen molar-refractivity contribution in [3.05, 3.63) is 23.8 Å². The Morgan fingerprint density at radius 1 is 1.36 bits per heavy atom. The van der Waals surface area contributed by atoms with Crippen LogP contribution in [0.2, 0.25) is 0 Å². The van der Waals surface area contributed by atoms with Crippen LogP contribution in [0.25, 0.3) is 0 Å². The number of hydrogen-bond acceptors (Lipinski definition) is 0. The Balaban J connectivity index is 2.45. The molecule has 62 valence electrons. The minimum absolute atomic E-state index is 1.16. The van der Waals surface area contributed by atoms with Crippen LogP contribution in [0.15, 0.2) is 23.8 Å². The summed E-state index contributed by atoms with van der Waals surface area (Å²) in [5.41, 5.74) is 3.36. The van der Waals surface area contributed by atoms with E-state index in [0.717, 1.165) is 6.42 Å². The van der Waals surface area contributed by atoms with E-state index in [-0.39, 0.29) is 0 Å². The van der Waals surface area contributed by atoms with Gasteiger partial charge in [0, 0.05) is 0 Å². The van der Waals surface area contributed by atoms with Gasteiger partial charge in [-0.15, -0.1) is 6.58 Å². The van der Waals surface area contributed by atoms with Gasteiger partial charge in [-0.2, -0.15) is 0 Å². The van der Waals surface area contributed by atoms with E-state index in [9.17, 15) is 0 Å². The first kappa shape index (κ1) is 8.58. The maximum atomic E-state index is 3.75.